The highest BCUT2D eigenvalue weighted by atomic mass is 16.6. The molecule has 1 saturated heterocycles. The van der Waals surface area contributed by atoms with E-state index in [-0.39, 0.29) is 18.0 Å². The van der Waals surface area contributed by atoms with Crippen LogP contribution in [0.2, 0.25) is 0 Å². The normalized spacial score (nSPS) is 36.1. The van der Waals surface area contributed by atoms with Crippen molar-refractivity contribution >= 4 is 11.9 Å². The van der Waals surface area contributed by atoms with E-state index in [4.69, 9.17) is 9.47 Å². The Balaban J connectivity index is 1.55. The summed E-state index contributed by atoms with van der Waals surface area (Å²) in [6.07, 6.45) is 3.59. The molecule has 1 aromatic carbocycles. The number of carbonyl (C=O) groups is 2. The van der Waals surface area contributed by atoms with Crippen LogP contribution in [0.25, 0.3) is 0 Å². The predicted molar refractivity (Wildman–Crippen MR) is 88.3 cm³/mol. The van der Waals surface area contributed by atoms with E-state index in [0.29, 0.717) is 12.8 Å². The van der Waals surface area contributed by atoms with Gasteiger partial charge in [0, 0.05) is 11.8 Å². The van der Waals surface area contributed by atoms with Crippen molar-refractivity contribution in [3.8, 4) is 0 Å². The van der Waals surface area contributed by atoms with Crippen LogP contribution in [0.15, 0.2) is 24.3 Å². The van der Waals surface area contributed by atoms with E-state index in [2.05, 4.69) is 12.1 Å². The molecule has 0 spiro atoms. The number of hydrogen-bond acceptors (Lipinski definition) is 4. The van der Waals surface area contributed by atoms with Crippen LogP contribution in [-0.2, 0) is 31.9 Å². The Morgan fingerprint density at radius 3 is 2.50 bits per heavy atom. The monoisotopic (exact) mass is 328 g/mol. The van der Waals surface area contributed by atoms with Crippen LogP contribution in [0, 0.1) is 10.8 Å². The first-order valence-electron chi connectivity index (χ1n) is 8.81. The molecule has 0 radical (unpaired) electrons. The van der Waals surface area contributed by atoms with Gasteiger partial charge in [-0.15, -0.1) is 0 Å². The van der Waals surface area contributed by atoms with Crippen molar-refractivity contribution in [2.75, 3.05) is 0 Å². The van der Waals surface area contributed by atoms with Crippen LogP contribution in [0.3, 0.4) is 0 Å². The molecule has 24 heavy (non-hydrogen) atoms. The summed E-state index contributed by atoms with van der Waals surface area (Å²) in [4.78, 5) is 25.3. The lowest BCUT2D eigenvalue weighted by molar-refractivity contribution is -0.187. The zero-order chi connectivity index (χ0) is 17.2. The number of benzene rings is 1. The Morgan fingerprint density at radius 2 is 1.88 bits per heavy atom. The van der Waals surface area contributed by atoms with Crippen molar-refractivity contribution < 1.29 is 19.1 Å². The fraction of sp³-hybridized carbons (Fsp3) is 0.600. The van der Waals surface area contributed by atoms with Gasteiger partial charge in [0.05, 0.1) is 5.41 Å². The van der Waals surface area contributed by atoms with E-state index in [1.165, 1.54) is 11.1 Å². The van der Waals surface area contributed by atoms with Gasteiger partial charge in [0.25, 0.3) is 0 Å². The Kier molecular flexibility index (Phi) is 3.16. The second-order valence-electron chi connectivity index (χ2n) is 8.21. The lowest BCUT2D eigenvalue weighted by atomic mass is 9.66. The third-order valence-electron chi connectivity index (χ3n) is 6.99. The second kappa shape index (κ2) is 4.84. The molecule has 128 valence electrons. The van der Waals surface area contributed by atoms with Crippen molar-refractivity contribution in [3.05, 3.63) is 35.4 Å². The number of aryl methyl sites for hydroxylation is 1. The highest BCUT2D eigenvalue weighted by Gasteiger charge is 2.76. The molecule has 1 aromatic rings. The highest BCUT2D eigenvalue weighted by molar-refractivity contribution is 5.93. The maximum absolute atomic E-state index is 13.0. The van der Waals surface area contributed by atoms with Gasteiger partial charge in [0.15, 0.2) is 0 Å². The lowest BCUT2D eigenvalue weighted by Gasteiger charge is -2.36. The fourth-order valence-electron chi connectivity index (χ4n) is 4.71. The molecule has 2 unspecified atom stereocenters. The van der Waals surface area contributed by atoms with Crippen molar-refractivity contribution in [3.63, 3.8) is 0 Å². The van der Waals surface area contributed by atoms with Crippen molar-refractivity contribution in [1.82, 2.24) is 0 Å². The third-order valence-corrected chi connectivity index (χ3v) is 6.99. The van der Waals surface area contributed by atoms with Gasteiger partial charge < -0.3 is 9.47 Å². The van der Waals surface area contributed by atoms with Crippen LogP contribution < -0.4 is 0 Å². The quantitative estimate of drug-likeness (QED) is 0.782. The fourth-order valence-corrected chi connectivity index (χ4v) is 4.71. The SMILES string of the molecule is CC12CC[C@](C(=O)OC3CCc4ccccc4C3)(OC1=O)C2(C)C. The van der Waals surface area contributed by atoms with E-state index in [1.54, 1.807) is 0 Å². The molecule has 4 rings (SSSR count). The smallest absolute Gasteiger partial charge is 0.351 e. The number of hydrogen-bond donors (Lipinski definition) is 0. The Hall–Kier alpha value is -1.84. The molecule has 2 aliphatic carbocycles. The average Bonchev–Trinajstić information content (AvgIpc) is 2.85. The summed E-state index contributed by atoms with van der Waals surface area (Å²) in [5, 5.41) is 0. The Morgan fingerprint density at radius 1 is 1.17 bits per heavy atom. The van der Waals surface area contributed by atoms with E-state index in [9.17, 15) is 9.59 Å². The molecule has 1 saturated carbocycles. The molecule has 3 atom stereocenters. The standard InChI is InChI=1S/C20H24O4/c1-18(2)19(3)10-11-20(18,24-16(19)21)17(22)23-15-9-8-13-6-4-5-7-14(13)12-15/h4-7,15H,8-12H2,1-3H3/t15?,19?,20-/m1/s1. The summed E-state index contributed by atoms with van der Waals surface area (Å²) in [7, 11) is 0. The first-order chi connectivity index (χ1) is 11.3. The number of carbonyl (C=O) groups excluding carboxylic acids is 2. The van der Waals surface area contributed by atoms with Gasteiger partial charge in [-0.2, -0.15) is 0 Å². The molecule has 4 heteroatoms. The summed E-state index contributed by atoms with van der Waals surface area (Å²) >= 11 is 0. The van der Waals surface area contributed by atoms with Gasteiger partial charge in [-0.1, -0.05) is 38.1 Å². The van der Waals surface area contributed by atoms with Crippen LogP contribution in [0.1, 0.15) is 51.2 Å². The van der Waals surface area contributed by atoms with Gasteiger partial charge in [0.2, 0.25) is 5.60 Å². The minimum atomic E-state index is -1.12. The van der Waals surface area contributed by atoms with Gasteiger partial charge in [-0.3, -0.25) is 4.79 Å². The molecule has 3 aliphatic rings. The maximum Gasteiger partial charge on any atom is 0.351 e. The lowest BCUT2D eigenvalue weighted by Crippen LogP contribution is -2.50. The highest BCUT2D eigenvalue weighted by Crippen LogP contribution is 2.65. The van der Waals surface area contributed by atoms with E-state index in [0.717, 1.165) is 19.3 Å². The molecular weight excluding hydrogens is 304 g/mol. The maximum atomic E-state index is 13.0. The summed E-state index contributed by atoms with van der Waals surface area (Å²) < 4.78 is 11.5. The average molecular weight is 328 g/mol. The van der Waals surface area contributed by atoms with Crippen LogP contribution in [0.5, 0.6) is 0 Å². The second-order valence-corrected chi connectivity index (χ2v) is 8.21. The molecule has 2 bridgehead atoms. The number of fused-ring (bicyclic) bond motifs is 3. The first kappa shape index (κ1) is 15.7. The molecule has 0 aromatic heterocycles. The van der Waals surface area contributed by atoms with E-state index >= 15 is 0 Å². The Bertz CT molecular complexity index is 722. The molecule has 1 aliphatic heterocycles. The van der Waals surface area contributed by atoms with Crippen molar-refractivity contribution in [2.45, 2.75) is 64.6 Å². The van der Waals surface area contributed by atoms with Gasteiger partial charge in [-0.25, -0.2) is 4.79 Å². The zero-order valence-electron chi connectivity index (χ0n) is 14.6. The molecule has 0 amide bonds. The van der Waals surface area contributed by atoms with Crippen molar-refractivity contribution in [2.24, 2.45) is 10.8 Å². The topological polar surface area (TPSA) is 52.6 Å². The zero-order valence-corrected chi connectivity index (χ0v) is 14.6. The van der Waals surface area contributed by atoms with E-state index in [1.807, 2.05) is 32.9 Å². The third kappa shape index (κ3) is 1.80. The predicted octanol–water partition coefficient (Wildman–Crippen LogP) is 3.21. The molecule has 0 N–H and O–H groups in total. The summed E-state index contributed by atoms with van der Waals surface area (Å²) in [5.74, 6) is -0.615. The molecule has 4 nitrogen and oxygen atoms in total. The number of rotatable bonds is 2. The minimum Gasteiger partial charge on any atom is -0.459 e. The van der Waals surface area contributed by atoms with Crippen LogP contribution >= 0.6 is 0 Å². The summed E-state index contributed by atoms with van der Waals surface area (Å²) in [6.45, 7) is 5.83. The van der Waals surface area contributed by atoms with Gasteiger partial charge in [-0.05, 0) is 43.7 Å². The molecular formula is C20H24O4. The summed E-state index contributed by atoms with van der Waals surface area (Å²) in [6, 6.07) is 8.30. The molecule has 1 heterocycles. The van der Waals surface area contributed by atoms with Crippen LogP contribution in [-0.4, -0.2) is 23.6 Å². The number of ether oxygens (including phenoxy) is 2. The van der Waals surface area contributed by atoms with Crippen molar-refractivity contribution in [1.29, 1.82) is 0 Å². The number of esters is 2. The largest absolute Gasteiger partial charge is 0.459 e. The van der Waals surface area contributed by atoms with Crippen LogP contribution in [0.4, 0.5) is 0 Å². The molecule has 2 fully saturated rings. The minimum absolute atomic E-state index is 0.135. The summed E-state index contributed by atoms with van der Waals surface area (Å²) in [5.41, 5.74) is 0.337. The first-order valence-corrected chi connectivity index (χ1v) is 8.81. The van der Waals surface area contributed by atoms with E-state index < -0.39 is 16.4 Å². The van der Waals surface area contributed by atoms with Gasteiger partial charge in [0.1, 0.15) is 6.10 Å². The Labute approximate surface area is 142 Å². The van der Waals surface area contributed by atoms with Gasteiger partial charge >= 0.3 is 11.9 Å².